The average Bonchev–Trinajstić information content (AvgIpc) is 3.09. The van der Waals surface area contributed by atoms with Gasteiger partial charge in [-0.15, -0.1) is 0 Å². The van der Waals surface area contributed by atoms with E-state index >= 15 is 0 Å². The molecule has 2 aromatic rings. The molecule has 0 saturated heterocycles. The molecule has 0 aliphatic carbocycles. The van der Waals surface area contributed by atoms with Gasteiger partial charge in [-0.25, -0.2) is 9.48 Å². The molecule has 11 heteroatoms. The van der Waals surface area contributed by atoms with Crippen LogP contribution in [0.3, 0.4) is 0 Å². The molecule has 1 aromatic carbocycles. The number of hydrogen-bond donors (Lipinski definition) is 1. The van der Waals surface area contributed by atoms with Gasteiger partial charge in [0.05, 0.1) is 18.3 Å². The topological polar surface area (TPSA) is 76.7 Å². The Morgan fingerprint density at radius 2 is 1.92 bits per heavy atom. The van der Waals surface area contributed by atoms with Crippen LogP contribution in [-0.4, -0.2) is 32.9 Å². The first-order chi connectivity index (χ1) is 12.0. The number of hydrogen-bond acceptors (Lipinski definition) is 4. The average molecular weight is 408 g/mol. The summed E-state index contributed by atoms with van der Waals surface area (Å²) >= 11 is 11.7. The maximum atomic E-state index is 13.9. The molecule has 0 bridgehead atoms. The summed E-state index contributed by atoms with van der Waals surface area (Å²) in [5.41, 5.74) is -3.15. The molecule has 1 aromatic heterocycles. The molecule has 2 heterocycles. The smallest absolute Gasteiger partial charge is 0.435 e. The molecule has 26 heavy (non-hydrogen) atoms. The molecule has 1 aliphatic heterocycles. The maximum absolute atomic E-state index is 13.9. The number of benzene rings is 1. The summed E-state index contributed by atoms with van der Waals surface area (Å²) in [6.45, 7) is 1.41. The lowest BCUT2D eigenvalue weighted by Gasteiger charge is -2.29. The number of nitrogens with zero attached hydrogens (tertiary/aromatic N) is 3. The van der Waals surface area contributed by atoms with E-state index in [2.05, 4.69) is 10.3 Å². The van der Waals surface area contributed by atoms with E-state index in [1.54, 1.807) is 0 Å². The lowest BCUT2D eigenvalue weighted by atomic mass is 9.89. The molecule has 138 valence electrons. The van der Waals surface area contributed by atoms with Gasteiger partial charge in [-0.1, -0.05) is 28.4 Å². The Morgan fingerprint density at radius 3 is 2.42 bits per heavy atom. The second-order valence-corrected chi connectivity index (χ2v) is 6.49. The zero-order valence-electron chi connectivity index (χ0n) is 13.0. The Balaban J connectivity index is 2.05. The predicted molar refractivity (Wildman–Crippen MR) is 86.7 cm³/mol. The van der Waals surface area contributed by atoms with Gasteiger partial charge in [0.2, 0.25) is 0 Å². The molecule has 1 aliphatic rings. The van der Waals surface area contributed by atoms with Crippen LogP contribution in [0, 0.1) is 6.92 Å². The number of carboxylic acids is 1. The summed E-state index contributed by atoms with van der Waals surface area (Å²) in [7, 11) is 0. The number of carbonyl (C=O) groups is 1. The molecule has 0 amide bonds. The van der Waals surface area contributed by atoms with Crippen molar-refractivity contribution in [2.45, 2.75) is 25.1 Å². The summed E-state index contributed by atoms with van der Waals surface area (Å²) in [6, 6.07) is 3.49. The van der Waals surface area contributed by atoms with Crippen LogP contribution in [0.2, 0.25) is 10.0 Å². The molecule has 3 rings (SSSR count). The van der Waals surface area contributed by atoms with Gasteiger partial charge >= 0.3 is 12.1 Å². The highest BCUT2D eigenvalue weighted by Crippen LogP contribution is 2.49. The first kappa shape index (κ1) is 18.5. The van der Waals surface area contributed by atoms with Gasteiger partial charge in [0.1, 0.15) is 5.56 Å². The molecule has 1 atom stereocenters. The second-order valence-electron chi connectivity index (χ2n) is 5.62. The van der Waals surface area contributed by atoms with Crippen molar-refractivity contribution >= 4 is 35.0 Å². The highest BCUT2D eigenvalue weighted by Gasteiger charge is 2.63. The maximum Gasteiger partial charge on any atom is 0.435 e. The highest BCUT2D eigenvalue weighted by atomic mass is 35.5. The van der Waals surface area contributed by atoms with Gasteiger partial charge in [-0.3, -0.25) is 0 Å². The van der Waals surface area contributed by atoms with Crippen LogP contribution in [-0.2, 0) is 10.4 Å². The highest BCUT2D eigenvalue weighted by molar-refractivity contribution is 6.34. The fraction of sp³-hybridized carbons (Fsp3) is 0.267. The van der Waals surface area contributed by atoms with E-state index in [1.165, 1.54) is 13.0 Å². The Kier molecular flexibility index (Phi) is 4.40. The van der Waals surface area contributed by atoms with Gasteiger partial charge in [0, 0.05) is 15.6 Å². The molecule has 0 saturated carbocycles. The fourth-order valence-corrected chi connectivity index (χ4v) is 3.19. The van der Waals surface area contributed by atoms with E-state index in [0.29, 0.717) is 0 Å². The minimum atomic E-state index is -4.84. The van der Waals surface area contributed by atoms with Gasteiger partial charge in [-0.2, -0.15) is 18.3 Å². The lowest BCUT2D eigenvalue weighted by molar-refractivity contribution is -0.275. The van der Waals surface area contributed by atoms with Crippen LogP contribution in [0.1, 0.15) is 28.0 Å². The van der Waals surface area contributed by atoms with E-state index in [4.69, 9.17) is 33.1 Å². The van der Waals surface area contributed by atoms with Crippen LogP contribution in [0.15, 0.2) is 29.6 Å². The quantitative estimate of drug-likeness (QED) is 0.807. The van der Waals surface area contributed by atoms with Crippen molar-refractivity contribution in [2.75, 3.05) is 0 Å². The number of aromatic carboxylic acids is 1. The number of rotatable bonds is 2. The Morgan fingerprint density at radius 1 is 1.31 bits per heavy atom. The summed E-state index contributed by atoms with van der Waals surface area (Å²) in [5.74, 6) is -1.44. The minimum absolute atomic E-state index is 0.0107. The lowest BCUT2D eigenvalue weighted by Crippen LogP contribution is -2.43. The third-order valence-electron chi connectivity index (χ3n) is 3.99. The van der Waals surface area contributed by atoms with Crippen molar-refractivity contribution in [3.05, 3.63) is 51.3 Å². The number of halogens is 5. The van der Waals surface area contributed by atoms with Gasteiger partial charge in [0.25, 0.3) is 5.60 Å². The van der Waals surface area contributed by atoms with Gasteiger partial charge < -0.3 is 9.94 Å². The third-order valence-corrected chi connectivity index (χ3v) is 4.42. The fourth-order valence-electron chi connectivity index (χ4n) is 2.67. The summed E-state index contributed by atoms with van der Waals surface area (Å²) in [6.07, 6.45) is -4.54. The molecule has 1 N–H and O–H groups in total. The zero-order chi connectivity index (χ0) is 19.3. The van der Waals surface area contributed by atoms with Crippen LogP contribution in [0.5, 0.6) is 0 Å². The monoisotopic (exact) mass is 407 g/mol. The van der Waals surface area contributed by atoms with Crippen LogP contribution in [0.4, 0.5) is 13.2 Å². The standard InChI is InChI=1S/C15H10Cl2F3N3O3/c1-7-11(13(24)25)6-21-23(7)12-5-14(26-22-12,15(18,19)20)8-2-9(16)4-10(17)3-8/h2-4,6H,5H2,1H3,(H,24,25). The number of oxime groups is 1. The van der Waals surface area contributed by atoms with Crippen molar-refractivity contribution < 1.29 is 27.9 Å². The number of alkyl halides is 3. The third kappa shape index (κ3) is 2.90. The van der Waals surface area contributed by atoms with Gasteiger partial charge in [-0.05, 0) is 25.1 Å². The molecular weight excluding hydrogens is 398 g/mol. The Hall–Kier alpha value is -2.26. The van der Waals surface area contributed by atoms with E-state index in [0.717, 1.165) is 23.0 Å². The molecule has 0 fully saturated rings. The summed E-state index contributed by atoms with van der Waals surface area (Å²) < 4.78 is 42.6. The van der Waals surface area contributed by atoms with E-state index in [9.17, 15) is 18.0 Å². The summed E-state index contributed by atoms with van der Waals surface area (Å²) in [5, 5.41) is 16.4. The van der Waals surface area contributed by atoms with Crippen molar-refractivity contribution in [3.63, 3.8) is 0 Å². The van der Waals surface area contributed by atoms with Crippen molar-refractivity contribution in [1.82, 2.24) is 9.78 Å². The molecule has 1 unspecified atom stereocenters. The SMILES string of the molecule is Cc1c(C(=O)O)cnn1C1=NOC(c2cc(Cl)cc(Cl)c2)(C(F)(F)F)C1. The van der Waals surface area contributed by atoms with Gasteiger partial charge in [0.15, 0.2) is 5.84 Å². The van der Waals surface area contributed by atoms with Crippen molar-refractivity contribution in [3.8, 4) is 0 Å². The van der Waals surface area contributed by atoms with E-state index in [1.807, 2.05) is 0 Å². The minimum Gasteiger partial charge on any atom is -0.478 e. The molecule has 6 nitrogen and oxygen atoms in total. The largest absolute Gasteiger partial charge is 0.478 e. The van der Waals surface area contributed by atoms with E-state index < -0.39 is 24.2 Å². The van der Waals surface area contributed by atoms with Crippen molar-refractivity contribution in [1.29, 1.82) is 0 Å². The molecular formula is C15H10Cl2F3N3O3. The van der Waals surface area contributed by atoms with Crippen LogP contribution < -0.4 is 0 Å². The Bertz CT molecular complexity index is 906. The van der Waals surface area contributed by atoms with E-state index in [-0.39, 0.29) is 32.7 Å². The zero-order valence-corrected chi connectivity index (χ0v) is 14.5. The predicted octanol–water partition coefficient (Wildman–Crippen LogP) is 4.24. The molecule has 0 radical (unpaired) electrons. The molecule has 0 spiro atoms. The van der Waals surface area contributed by atoms with Crippen LogP contribution >= 0.6 is 23.2 Å². The van der Waals surface area contributed by atoms with Crippen LogP contribution in [0.25, 0.3) is 0 Å². The second kappa shape index (κ2) is 6.17. The number of carboxylic acid groups (broad SMARTS) is 1. The normalized spacial score (nSPS) is 20.0. The summed E-state index contributed by atoms with van der Waals surface area (Å²) in [4.78, 5) is 15.9. The van der Waals surface area contributed by atoms with Crippen molar-refractivity contribution in [2.24, 2.45) is 5.16 Å². The first-order valence-electron chi connectivity index (χ1n) is 7.12. The first-order valence-corrected chi connectivity index (χ1v) is 7.87. The number of aromatic nitrogens is 2. The Labute approximate surface area is 154 Å².